The molecule has 0 heterocycles. The Morgan fingerprint density at radius 3 is 2.50 bits per heavy atom. The number of hydrogen-bond acceptors (Lipinski definition) is 2. The van der Waals surface area contributed by atoms with Crippen molar-refractivity contribution in [1.82, 2.24) is 0 Å². The van der Waals surface area contributed by atoms with Gasteiger partial charge in [0.25, 0.3) is 0 Å². The number of aliphatic hydroxyl groups is 1. The Labute approximate surface area is 85.3 Å². The highest BCUT2D eigenvalue weighted by Gasteiger charge is 2.22. The molecule has 1 aromatic rings. The van der Waals surface area contributed by atoms with Crippen LogP contribution in [0.1, 0.15) is 18.6 Å². The monoisotopic (exact) mass is 221 g/mol. The van der Waals surface area contributed by atoms with E-state index in [-0.39, 0.29) is 10.6 Å². The molecule has 1 aromatic carbocycles. The fourth-order valence-electron chi connectivity index (χ4n) is 1.08. The lowest BCUT2D eigenvalue weighted by molar-refractivity contribution is 0.148. The zero-order chi connectivity index (χ0) is 10.9. The first-order valence-corrected chi connectivity index (χ1v) is 4.40. The number of aliphatic hydroxyl groups excluding tert-OH is 1. The topological polar surface area (TPSA) is 46.2 Å². The Bertz CT molecular complexity index is 344. The summed E-state index contributed by atoms with van der Waals surface area (Å²) in [7, 11) is 0. The summed E-state index contributed by atoms with van der Waals surface area (Å²) in [4.78, 5) is 0. The molecule has 0 unspecified atom stereocenters. The zero-order valence-corrected chi connectivity index (χ0v) is 8.22. The minimum atomic E-state index is -1.31. The van der Waals surface area contributed by atoms with Gasteiger partial charge in [0.15, 0.2) is 11.6 Å². The van der Waals surface area contributed by atoms with Gasteiger partial charge in [-0.2, -0.15) is 0 Å². The van der Waals surface area contributed by atoms with Crippen molar-refractivity contribution in [1.29, 1.82) is 0 Å². The summed E-state index contributed by atoms with van der Waals surface area (Å²) in [5.74, 6) is -2.20. The second-order valence-electron chi connectivity index (χ2n) is 3.06. The summed E-state index contributed by atoms with van der Waals surface area (Å²) in [6.45, 7) is 1.48. The second kappa shape index (κ2) is 4.21. The molecular formula is C9H10ClF2NO. The third-order valence-electron chi connectivity index (χ3n) is 1.87. The molecule has 0 aliphatic heterocycles. The quantitative estimate of drug-likeness (QED) is 0.751. The van der Waals surface area contributed by atoms with Crippen molar-refractivity contribution < 1.29 is 13.9 Å². The molecule has 0 spiro atoms. The normalized spacial score (nSPS) is 15.3. The first-order valence-electron chi connectivity index (χ1n) is 4.02. The van der Waals surface area contributed by atoms with Gasteiger partial charge >= 0.3 is 0 Å². The summed E-state index contributed by atoms with van der Waals surface area (Å²) in [5.41, 5.74) is 5.07. The molecule has 1 rings (SSSR count). The Morgan fingerprint density at radius 1 is 1.43 bits per heavy atom. The number of benzene rings is 1. The van der Waals surface area contributed by atoms with Crippen LogP contribution in [0.25, 0.3) is 0 Å². The number of rotatable bonds is 2. The third-order valence-corrected chi connectivity index (χ3v) is 2.20. The number of nitrogens with two attached hydrogens (primary N) is 1. The van der Waals surface area contributed by atoms with E-state index in [0.29, 0.717) is 0 Å². The maximum absolute atomic E-state index is 13.2. The van der Waals surface area contributed by atoms with Gasteiger partial charge in [0.1, 0.15) is 0 Å². The molecule has 0 amide bonds. The molecular weight excluding hydrogens is 212 g/mol. The van der Waals surface area contributed by atoms with Crippen LogP contribution in [0.2, 0.25) is 5.02 Å². The minimum absolute atomic E-state index is 0.0336. The molecule has 0 aromatic heterocycles. The highest BCUT2D eigenvalue weighted by atomic mass is 35.5. The molecule has 5 heteroatoms. The largest absolute Gasteiger partial charge is 0.387 e. The lowest BCUT2D eigenvalue weighted by Crippen LogP contribution is -2.25. The molecule has 78 valence electrons. The highest BCUT2D eigenvalue weighted by Crippen LogP contribution is 2.28. The van der Waals surface area contributed by atoms with E-state index in [1.165, 1.54) is 13.0 Å². The first-order chi connectivity index (χ1) is 6.45. The summed E-state index contributed by atoms with van der Waals surface area (Å²) in [5, 5.41) is 9.43. The van der Waals surface area contributed by atoms with Gasteiger partial charge in [-0.25, -0.2) is 8.78 Å². The number of halogens is 3. The van der Waals surface area contributed by atoms with Crippen LogP contribution >= 0.6 is 11.6 Å². The van der Waals surface area contributed by atoms with Crippen molar-refractivity contribution in [2.45, 2.75) is 19.1 Å². The van der Waals surface area contributed by atoms with Crippen LogP contribution in [-0.4, -0.2) is 11.1 Å². The SMILES string of the molecule is C[C@H](N)[C@H](O)c1c(Cl)ccc(F)c1F. The van der Waals surface area contributed by atoms with Gasteiger partial charge in [-0.1, -0.05) is 11.6 Å². The van der Waals surface area contributed by atoms with Crippen LogP contribution in [0, 0.1) is 11.6 Å². The van der Waals surface area contributed by atoms with Crippen LogP contribution in [0.4, 0.5) is 8.78 Å². The molecule has 2 nitrogen and oxygen atoms in total. The molecule has 0 saturated carbocycles. The van der Waals surface area contributed by atoms with Crippen molar-refractivity contribution in [2.24, 2.45) is 5.73 Å². The van der Waals surface area contributed by atoms with E-state index >= 15 is 0 Å². The molecule has 2 atom stereocenters. The Morgan fingerprint density at radius 2 is 2.00 bits per heavy atom. The van der Waals surface area contributed by atoms with Crippen molar-refractivity contribution in [3.8, 4) is 0 Å². The molecule has 0 fully saturated rings. The predicted molar refractivity (Wildman–Crippen MR) is 50.0 cm³/mol. The van der Waals surface area contributed by atoms with E-state index in [0.717, 1.165) is 6.07 Å². The maximum Gasteiger partial charge on any atom is 0.166 e. The second-order valence-corrected chi connectivity index (χ2v) is 3.47. The average Bonchev–Trinajstić information content (AvgIpc) is 2.12. The fourth-order valence-corrected chi connectivity index (χ4v) is 1.33. The van der Waals surface area contributed by atoms with E-state index in [2.05, 4.69) is 0 Å². The fraction of sp³-hybridized carbons (Fsp3) is 0.333. The molecule has 0 aliphatic rings. The average molecular weight is 222 g/mol. The van der Waals surface area contributed by atoms with Gasteiger partial charge in [0.2, 0.25) is 0 Å². The molecule has 0 saturated heterocycles. The smallest absolute Gasteiger partial charge is 0.166 e. The van der Waals surface area contributed by atoms with E-state index in [1.54, 1.807) is 0 Å². The maximum atomic E-state index is 13.2. The van der Waals surface area contributed by atoms with Crippen LogP contribution in [-0.2, 0) is 0 Å². The van der Waals surface area contributed by atoms with Gasteiger partial charge in [-0.05, 0) is 19.1 Å². The molecule has 14 heavy (non-hydrogen) atoms. The lowest BCUT2D eigenvalue weighted by atomic mass is 10.0. The Balaban J connectivity index is 3.25. The van der Waals surface area contributed by atoms with E-state index in [4.69, 9.17) is 17.3 Å². The molecule has 0 aliphatic carbocycles. The summed E-state index contributed by atoms with van der Waals surface area (Å²) < 4.78 is 26.0. The lowest BCUT2D eigenvalue weighted by Gasteiger charge is -2.17. The Kier molecular flexibility index (Phi) is 3.42. The van der Waals surface area contributed by atoms with Gasteiger partial charge in [-0.15, -0.1) is 0 Å². The third kappa shape index (κ3) is 2.03. The summed E-state index contributed by atoms with van der Waals surface area (Å²) in [6, 6.07) is 1.36. The van der Waals surface area contributed by atoms with Crippen LogP contribution in [0.15, 0.2) is 12.1 Å². The molecule has 3 N–H and O–H groups in total. The summed E-state index contributed by atoms with van der Waals surface area (Å²) >= 11 is 5.62. The van der Waals surface area contributed by atoms with Crippen LogP contribution < -0.4 is 5.73 Å². The van der Waals surface area contributed by atoms with Crippen molar-refractivity contribution >= 4 is 11.6 Å². The van der Waals surface area contributed by atoms with Crippen molar-refractivity contribution in [2.75, 3.05) is 0 Å². The molecule has 0 radical (unpaired) electrons. The predicted octanol–water partition coefficient (Wildman–Crippen LogP) is 2.00. The van der Waals surface area contributed by atoms with Gasteiger partial charge in [-0.3, -0.25) is 0 Å². The standard InChI is InChI=1S/C9H10ClF2NO/c1-4(13)9(14)7-5(10)2-3-6(11)8(7)12/h2-4,9,14H,13H2,1H3/t4-,9-/m0/s1. The molecule has 0 bridgehead atoms. The van der Waals surface area contributed by atoms with Crippen LogP contribution in [0.3, 0.4) is 0 Å². The van der Waals surface area contributed by atoms with Gasteiger partial charge in [0, 0.05) is 16.6 Å². The first kappa shape index (κ1) is 11.4. The van der Waals surface area contributed by atoms with Crippen molar-refractivity contribution in [3.05, 3.63) is 34.4 Å². The summed E-state index contributed by atoms with van der Waals surface area (Å²) in [6.07, 6.45) is -1.31. The van der Waals surface area contributed by atoms with Gasteiger partial charge in [0.05, 0.1) is 6.10 Å². The highest BCUT2D eigenvalue weighted by molar-refractivity contribution is 6.31. The Hall–Kier alpha value is -0.710. The van der Waals surface area contributed by atoms with E-state index in [9.17, 15) is 13.9 Å². The van der Waals surface area contributed by atoms with Crippen molar-refractivity contribution in [3.63, 3.8) is 0 Å². The van der Waals surface area contributed by atoms with Gasteiger partial charge < -0.3 is 10.8 Å². The minimum Gasteiger partial charge on any atom is -0.387 e. The number of hydrogen-bond donors (Lipinski definition) is 2. The van der Waals surface area contributed by atoms with E-state index < -0.39 is 23.8 Å². The van der Waals surface area contributed by atoms with Crippen LogP contribution in [0.5, 0.6) is 0 Å². The van der Waals surface area contributed by atoms with E-state index in [1.807, 2.05) is 0 Å². The zero-order valence-electron chi connectivity index (χ0n) is 7.47.